The Morgan fingerprint density at radius 3 is 2.38 bits per heavy atom. The second-order valence-corrected chi connectivity index (χ2v) is 12.4. The first-order valence-corrected chi connectivity index (χ1v) is 14.7. The van der Waals surface area contributed by atoms with Gasteiger partial charge < -0.3 is 24.6 Å². The lowest BCUT2D eigenvalue weighted by Gasteiger charge is -2.58. The number of benzene rings is 1. The van der Waals surface area contributed by atoms with Gasteiger partial charge in [0.1, 0.15) is 22.8 Å². The number of hydrogen-bond donors (Lipinski definition) is 2. The third kappa shape index (κ3) is 4.07. The van der Waals surface area contributed by atoms with Crippen molar-refractivity contribution in [3.63, 3.8) is 0 Å². The van der Waals surface area contributed by atoms with Crippen LogP contribution in [-0.2, 0) is 16.0 Å². The Bertz CT molecular complexity index is 1310. The lowest BCUT2D eigenvalue weighted by atomic mass is 9.49. The van der Waals surface area contributed by atoms with Gasteiger partial charge in [0.25, 0.3) is 0 Å². The number of rotatable bonds is 10. The summed E-state index contributed by atoms with van der Waals surface area (Å²) in [5.41, 5.74) is 0.189. The average Bonchev–Trinajstić information content (AvgIpc) is 3.17. The molecule has 216 valence electrons. The Kier molecular flexibility index (Phi) is 7.51. The minimum atomic E-state index is -1.33. The summed E-state index contributed by atoms with van der Waals surface area (Å²) in [5.74, 6) is -1.42. The topological polar surface area (TPSA) is 96.3 Å². The lowest BCUT2D eigenvalue weighted by molar-refractivity contribution is -0.171. The Morgan fingerprint density at radius 1 is 1.07 bits per heavy atom. The molecule has 2 heterocycles. The zero-order chi connectivity index (χ0) is 29.0. The molecule has 0 amide bonds. The zero-order valence-corrected chi connectivity index (χ0v) is 24.7. The highest BCUT2D eigenvalue weighted by Gasteiger charge is 2.79. The van der Waals surface area contributed by atoms with E-state index in [0.29, 0.717) is 18.6 Å². The maximum absolute atomic E-state index is 14.4. The van der Waals surface area contributed by atoms with Crippen molar-refractivity contribution in [3.05, 3.63) is 52.1 Å². The predicted molar refractivity (Wildman–Crippen MR) is 154 cm³/mol. The number of aromatic hydroxyl groups is 2. The van der Waals surface area contributed by atoms with Crippen LogP contribution in [0.3, 0.4) is 0 Å². The molecule has 1 aromatic carbocycles. The number of ether oxygens (including phenoxy) is 2. The number of carbonyl (C=O) groups excluding carboxylic acids is 2. The monoisotopic (exact) mass is 549 g/mol. The van der Waals surface area contributed by atoms with Crippen molar-refractivity contribution in [1.29, 1.82) is 0 Å². The highest BCUT2D eigenvalue weighted by molar-refractivity contribution is 6.18. The zero-order valence-electron chi connectivity index (χ0n) is 24.7. The van der Waals surface area contributed by atoms with Gasteiger partial charge in [-0.05, 0) is 66.0 Å². The standard InChI is InChI=1S/C33H43NO6/c1-7-13-34(14-8-2)17-23-22-15-24-30(37)28-27(16-26(35)21(29(28)36)10-9-19(3)4)40-33(24)25(23)18-39-32(33,31(22)38)12-11-20(5)6/h9,11,15-16,22-23,25,35-36H,7-8,10,12-14,17-18H2,1-6H3/t22-,23+,25-,32?,33-/m1/s1. The van der Waals surface area contributed by atoms with Gasteiger partial charge in [-0.25, -0.2) is 0 Å². The van der Waals surface area contributed by atoms with Gasteiger partial charge in [0.15, 0.2) is 22.8 Å². The molecular weight excluding hydrogens is 506 g/mol. The lowest BCUT2D eigenvalue weighted by Crippen LogP contribution is -2.74. The summed E-state index contributed by atoms with van der Waals surface area (Å²) in [5, 5.41) is 22.2. The van der Waals surface area contributed by atoms with Crippen molar-refractivity contribution in [2.75, 3.05) is 26.2 Å². The molecule has 2 fully saturated rings. The molecule has 7 heteroatoms. The molecule has 2 aliphatic heterocycles. The van der Waals surface area contributed by atoms with Crippen LogP contribution < -0.4 is 4.74 Å². The summed E-state index contributed by atoms with van der Waals surface area (Å²) in [7, 11) is 0. The van der Waals surface area contributed by atoms with Gasteiger partial charge in [-0.15, -0.1) is 0 Å². The van der Waals surface area contributed by atoms with Gasteiger partial charge in [-0.1, -0.05) is 43.2 Å². The summed E-state index contributed by atoms with van der Waals surface area (Å²) in [6, 6.07) is 1.43. The number of Topliss-reactive ketones (excluding diaryl/α,β-unsaturated/α-hetero) is 2. The van der Waals surface area contributed by atoms with Crippen molar-refractivity contribution >= 4 is 11.6 Å². The van der Waals surface area contributed by atoms with E-state index in [4.69, 9.17) is 9.47 Å². The molecule has 1 saturated heterocycles. The highest BCUT2D eigenvalue weighted by Crippen LogP contribution is 2.65. The van der Waals surface area contributed by atoms with Crippen LogP contribution in [0.15, 0.2) is 41.0 Å². The first kappa shape index (κ1) is 28.6. The molecule has 0 aromatic heterocycles. The van der Waals surface area contributed by atoms with Gasteiger partial charge in [0, 0.05) is 42.0 Å². The molecule has 7 nitrogen and oxygen atoms in total. The minimum absolute atomic E-state index is 0.0367. The molecule has 1 spiro atoms. The van der Waals surface area contributed by atoms with E-state index in [9.17, 15) is 19.8 Å². The highest BCUT2D eigenvalue weighted by atomic mass is 16.6. The predicted octanol–water partition coefficient (Wildman–Crippen LogP) is 5.54. The third-order valence-electron chi connectivity index (χ3n) is 9.21. The summed E-state index contributed by atoms with van der Waals surface area (Å²) >= 11 is 0. The van der Waals surface area contributed by atoms with Crippen LogP contribution in [0.4, 0.5) is 0 Å². The summed E-state index contributed by atoms with van der Waals surface area (Å²) in [6.45, 7) is 15.0. The SMILES string of the molecule is CCCN(CCC)C[C@@H]1[C@H]2COC3(CC=C(C)C)C(=O)[C@@H]1C=C1C(=O)c4c(cc(O)c(CC=C(C)C)c4O)O[C@]123. The van der Waals surface area contributed by atoms with Gasteiger partial charge >= 0.3 is 0 Å². The fourth-order valence-electron chi connectivity index (χ4n) is 7.44. The average molecular weight is 550 g/mol. The van der Waals surface area contributed by atoms with Crippen molar-refractivity contribution < 1.29 is 29.3 Å². The molecule has 2 N–H and O–H groups in total. The van der Waals surface area contributed by atoms with Crippen LogP contribution in [0.1, 0.15) is 76.7 Å². The van der Waals surface area contributed by atoms with E-state index in [2.05, 4.69) is 18.7 Å². The number of nitrogens with zero attached hydrogens (tertiary/aromatic N) is 1. The summed E-state index contributed by atoms with van der Waals surface area (Å²) < 4.78 is 13.3. The van der Waals surface area contributed by atoms with E-state index in [-0.39, 0.29) is 58.2 Å². The molecule has 1 aromatic rings. The van der Waals surface area contributed by atoms with Crippen molar-refractivity contribution in [2.45, 2.75) is 78.4 Å². The van der Waals surface area contributed by atoms with E-state index in [0.717, 1.165) is 43.6 Å². The van der Waals surface area contributed by atoms with E-state index >= 15 is 0 Å². The molecule has 3 aliphatic carbocycles. The Labute approximate surface area is 237 Å². The number of allylic oxidation sites excluding steroid dienone is 4. The Balaban J connectivity index is 1.68. The van der Waals surface area contributed by atoms with E-state index in [1.54, 1.807) is 0 Å². The molecule has 0 radical (unpaired) electrons. The molecule has 1 unspecified atom stereocenters. The Hall–Kier alpha value is -2.90. The summed E-state index contributed by atoms with van der Waals surface area (Å²) in [4.78, 5) is 31.1. The molecule has 4 bridgehead atoms. The maximum atomic E-state index is 14.4. The van der Waals surface area contributed by atoms with E-state index in [1.165, 1.54) is 6.07 Å². The first-order valence-electron chi connectivity index (χ1n) is 14.7. The number of fused-ring (bicyclic) bond motifs is 1. The van der Waals surface area contributed by atoms with Crippen LogP contribution in [0.5, 0.6) is 17.2 Å². The van der Waals surface area contributed by atoms with Crippen LogP contribution in [0.2, 0.25) is 0 Å². The third-order valence-corrected chi connectivity index (χ3v) is 9.21. The summed E-state index contributed by atoms with van der Waals surface area (Å²) in [6.07, 6.45) is 8.32. The first-order chi connectivity index (χ1) is 19.0. The maximum Gasteiger partial charge on any atom is 0.200 e. The number of phenols is 2. The number of phenolic OH excluding ortho intramolecular Hbond substituents is 2. The van der Waals surface area contributed by atoms with Crippen molar-refractivity contribution in [2.24, 2.45) is 17.8 Å². The van der Waals surface area contributed by atoms with Crippen molar-refractivity contribution in [3.8, 4) is 17.2 Å². The van der Waals surface area contributed by atoms with Crippen LogP contribution in [0.25, 0.3) is 0 Å². The molecule has 6 rings (SSSR count). The van der Waals surface area contributed by atoms with Crippen LogP contribution in [0, 0.1) is 17.8 Å². The second kappa shape index (κ2) is 10.5. The minimum Gasteiger partial charge on any atom is -0.507 e. The van der Waals surface area contributed by atoms with E-state index < -0.39 is 17.1 Å². The number of hydrogen-bond acceptors (Lipinski definition) is 7. The van der Waals surface area contributed by atoms with Crippen LogP contribution >= 0.6 is 0 Å². The normalized spacial score (nSPS) is 29.6. The molecule has 1 saturated carbocycles. The van der Waals surface area contributed by atoms with Crippen LogP contribution in [-0.4, -0.2) is 64.1 Å². The molecule has 5 aliphatic rings. The quantitative estimate of drug-likeness (QED) is 0.370. The largest absolute Gasteiger partial charge is 0.507 e. The van der Waals surface area contributed by atoms with Gasteiger partial charge in [0.05, 0.1) is 6.61 Å². The molecule has 5 atom stereocenters. The molecular formula is C33H43NO6. The number of carbonyl (C=O) groups is 2. The fourth-order valence-corrected chi connectivity index (χ4v) is 7.44. The molecule has 40 heavy (non-hydrogen) atoms. The second-order valence-electron chi connectivity index (χ2n) is 12.4. The smallest absolute Gasteiger partial charge is 0.200 e. The van der Waals surface area contributed by atoms with Gasteiger partial charge in [0.2, 0.25) is 0 Å². The number of ketones is 2. The van der Waals surface area contributed by atoms with Gasteiger partial charge in [-0.2, -0.15) is 0 Å². The van der Waals surface area contributed by atoms with E-state index in [1.807, 2.05) is 45.9 Å². The Morgan fingerprint density at radius 2 is 1.75 bits per heavy atom. The van der Waals surface area contributed by atoms with Gasteiger partial charge in [-0.3, -0.25) is 9.59 Å². The fraction of sp³-hybridized carbons (Fsp3) is 0.576. The van der Waals surface area contributed by atoms with Crippen molar-refractivity contribution in [1.82, 2.24) is 4.90 Å².